The lowest BCUT2D eigenvalue weighted by Crippen LogP contribution is -2.28. The molecule has 0 fully saturated rings. The van der Waals surface area contributed by atoms with E-state index < -0.39 is 0 Å². The second-order valence-electron chi connectivity index (χ2n) is 3.23. The first-order chi connectivity index (χ1) is 6.61. The molecule has 0 unspecified atom stereocenters. The van der Waals surface area contributed by atoms with Crippen molar-refractivity contribution in [1.82, 2.24) is 4.90 Å². The number of carbonyl (C=O) groups excluding carboxylic acids is 1. The molecule has 14 heavy (non-hydrogen) atoms. The minimum absolute atomic E-state index is 0.0215. The summed E-state index contributed by atoms with van der Waals surface area (Å²) in [5.41, 5.74) is 7.14. The lowest BCUT2D eigenvalue weighted by molar-refractivity contribution is -0.126. The van der Waals surface area contributed by atoms with Gasteiger partial charge in [-0.1, -0.05) is 12.1 Å². The SMILES string of the molecule is CN(C)C(=O)CNc1ccccc1N. The van der Waals surface area contributed by atoms with E-state index in [0.29, 0.717) is 5.69 Å². The average Bonchev–Trinajstić information content (AvgIpc) is 2.16. The van der Waals surface area contributed by atoms with Crippen molar-refractivity contribution in [2.45, 2.75) is 0 Å². The van der Waals surface area contributed by atoms with Crippen LogP contribution < -0.4 is 11.1 Å². The monoisotopic (exact) mass is 193 g/mol. The first-order valence-corrected chi connectivity index (χ1v) is 4.40. The molecular weight excluding hydrogens is 178 g/mol. The maximum absolute atomic E-state index is 11.3. The van der Waals surface area contributed by atoms with Crippen LogP contribution in [0.15, 0.2) is 24.3 Å². The van der Waals surface area contributed by atoms with Crippen LogP contribution in [0.2, 0.25) is 0 Å². The topological polar surface area (TPSA) is 58.4 Å². The number of nitrogens with two attached hydrogens (primary N) is 1. The Balaban J connectivity index is 2.54. The van der Waals surface area contributed by atoms with Crippen LogP contribution in [0.3, 0.4) is 0 Å². The van der Waals surface area contributed by atoms with Crippen LogP contribution in [0, 0.1) is 0 Å². The van der Waals surface area contributed by atoms with E-state index in [4.69, 9.17) is 5.73 Å². The van der Waals surface area contributed by atoms with Gasteiger partial charge in [-0.25, -0.2) is 0 Å². The van der Waals surface area contributed by atoms with Crippen molar-refractivity contribution in [3.8, 4) is 0 Å². The van der Waals surface area contributed by atoms with Crippen LogP contribution in [0.25, 0.3) is 0 Å². The third kappa shape index (κ3) is 2.65. The summed E-state index contributed by atoms with van der Waals surface area (Å²) >= 11 is 0. The molecule has 3 N–H and O–H groups in total. The van der Waals surface area contributed by atoms with E-state index >= 15 is 0 Å². The number of carbonyl (C=O) groups is 1. The van der Waals surface area contributed by atoms with Gasteiger partial charge in [0.1, 0.15) is 0 Å². The van der Waals surface area contributed by atoms with Crippen LogP contribution >= 0.6 is 0 Å². The van der Waals surface area contributed by atoms with Gasteiger partial charge >= 0.3 is 0 Å². The Kier molecular flexibility index (Phi) is 3.34. The van der Waals surface area contributed by atoms with Gasteiger partial charge in [0.15, 0.2) is 0 Å². The Hall–Kier alpha value is -1.71. The second kappa shape index (κ2) is 4.50. The van der Waals surface area contributed by atoms with E-state index in [1.54, 1.807) is 20.2 Å². The van der Waals surface area contributed by atoms with Gasteiger partial charge in [0, 0.05) is 14.1 Å². The van der Waals surface area contributed by atoms with Gasteiger partial charge in [0.25, 0.3) is 0 Å². The van der Waals surface area contributed by atoms with Gasteiger partial charge in [0.05, 0.1) is 17.9 Å². The van der Waals surface area contributed by atoms with Crippen molar-refractivity contribution in [3.63, 3.8) is 0 Å². The predicted molar refractivity (Wildman–Crippen MR) is 58.0 cm³/mol. The summed E-state index contributed by atoms with van der Waals surface area (Å²) in [6.45, 7) is 0.265. The zero-order valence-corrected chi connectivity index (χ0v) is 8.45. The van der Waals surface area contributed by atoms with Crippen LogP contribution in [-0.4, -0.2) is 31.4 Å². The lowest BCUT2D eigenvalue weighted by atomic mass is 10.2. The molecule has 1 rings (SSSR count). The zero-order valence-electron chi connectivity index (χ0n) is 8.45. The molecule has 0 saturated heterocycles. The number of hydrogen-bond donors (Lipinski definition) is 2. The highest BCUT2D eigenvalue weighted by molar-refractivity contribution is 5.81. The number of nitrogens with one attached hydrogen (secondary N) is 1. The van der Waals surface area contributed by atoms with E-state index in [2.05, 4.69) is 5.32 Å². The first-order valence-electron chi connectivity index (χ1n) is 4.40. The summed E-state index contributed by atoms with van der Waals surface area (Å²) < 4.78 is 0. The van der Waals surface area contributed by atoms with Crippen molar-refractivity contribution in [1.29, 1.82) is 0 Å². The number of nitrogen functional groups attached to an aromatic ring is 1. The van der Waals surface area contributed by atoms with Gasteiger partial charge in [0.2, 0.25) is 5.91 Å². The van der Waals surface area contributed by atoms with Gasteiger partial charge < -0.3 is 16.0 Å². The third-order valence-electron chi connectivity index (χ3n) is 1.89. The fourth-order valence-corrected chi connectivity index (χ4v) is 0.987. The van der Waals surface area contributed by atoms with Crippen molar-refractivity contribution in [3.05, 3.63) is 24.3 Å². The quantitative estimate of drug-likeness (QED) is 0.697. The predicted octanol–water partition coefficient (Wildman–Crippen LogP) is 0.769. The highest BCUT2D eigenvalue weighted by Crippen LogP contribution is 2.15. The molecule has 0 saturated carbocycles. The van der Waals surface area contributed by atoms with Crippen molar-refractivity contribution in [2.75, 3.05) is 31.7 Å². The highest BCUT2D eigenvalue weighted by atomic mass is 16.2. The molecule has 4 heteroatoms. The Morgan fingerprint density at radius 2 is 2.07 bits per heavy atom. The van der Waals surface area contributed by atoms with Crippen molar-refractivity contribution >= 4 is 17.3 Å². The molecule has 76 valence electrons. The van der Waals surface area contributed by atoms with Crippen LogP contribution in [0.1, 0.15) is 0 Å². The van der Waals surface area contributed by atoms with E-state index in [9.17, 15) is 4.79 Å². The van der Waals surface area contributed by atoms with Gasteiger partial charge in [-0.15, -0.1) is 0 Å². The molecule has 4 nitrogen and oxygen atoms in total. The number of hydrogen-bond acceptors (Lipinski definition) is 3. The minimum Gasteiger partial charge on any atom is -0.397 e. The molecule has 0 spiro atoms. The van der Waals surface area contributed by atoms with E-state index in [1.807, 2.05) is 18.2 Å². The Labute approximate surface area is 83.7 Å². The summed E-state index contributed by atoms with van der Waals surface area (Å²) in [7, 11) is 3.44. The maximum atomic E-state index is 11.3. The lowest BCUT2D eigenvalue weighted by Gasteiger charge is -2.12. The largest absolute Gasteiger partial charge is 0.397 e. The smallest absolute Gasteiger partial charge is 0.241 e. The molecule has 0 radical (unpaired) electrons. The number of amides is 1. The summed E-state index contributed by atoms with van der Waals surface area (Å²) in [5.74, 6) is 0.0215. The number of rotatable bonds is 3. The second-order valence-corrected chi connectivity index (χ2v) is 3.23. The number of likely N-dealkylation sites (N-methyl/N-ethyl adjacent to an activating group) is 1. The molecule has 0 heterocycles. The van der Waals surface area contributed by atoms with Gasteiger partial charge in [-0.3, -0.25) is 4.79 Å². The molecule has 1 aromatic carbocycles. The number of anilines is 2. The zero-order chi connectivity index (χ0) is 10.6. The summed E-state index contributed by atoms with van der Waals surface area (Å²) in [4.78, 5) is 12.8. The Bertz CT molecular complexity index is 323. The van der Waals surface area contributed by atoms with Crippen molar-refractivity contribution in [2.24, 2.45) is 0 Å². The first kappa shape index (κ1) is 10.4. The van der Waals surface area contributed by atoms with Gasteiger partial charge in [-0.05, 0) is 12.1 Å². The molecule has 1 aromatic rings. The molecule has 0 aromatic heterocycles. The summed E-state index contributed by atoms with van der Waals surface area (Å²) in [5, 5.41) is 2.98. The average molecular weight is 193 g/mol. The molecule has 0 bridgehead atoms. The van der Waals surface area contributed by atoms with Crippen molar-refractivity contribution < 1.29 is 4.79 Å². The number of nitrogens with zero attached hydrogens (tertiary/aromatic N) is 1. The Morgan fingerprint density at radius 1 is 1.43 bits per heavy atom. The van der Waals surface area contributed by atoms with Crippen LogP contribution in [0.4, 0.5) is 11.4 Å². The number of benzene rings is 1. The van der Waals surface area contributed by atoms with E-state index in [1.165, 1.54) is 4.90 Å². The number of para-hydroxylation sites is 2. The summed E-state index contributed by atoms with van der Waals surface area (Å²) in [6.07, 6.45) is 0. The van der Waals surface area contributed by atoms with Gasteiger partial charge in [-0.2, -0.15) is 0 Å². The molecule has 0 aliphatic carbocycles. The molecule has 0 atom stereocenters. The van der Waals surface area contributed by atoms with E-state index in [0.717, 1.165) is 5.69 Å². The fraction of sp³-hybridized carbons (Fsp3) is 0.300. The minimum atomic E-state index is 0.0215. The van der Waals surface area contributed by atoms with E-state index in [-0.39, 0.29) is 12.5 Å². The third-order valence-corrected chi connectivity index (χ3v) is 1.89. The van der Waals surface area contributed by atoms with Crippen LogP contribution in [-0.2, 0) is 4.79 Å². The standard InChI is InChI=1S/C10H15N3O/c1-13(2)10(14)7-12-9-6-4-3-5-8(9)11/h3-6,12H,7,11H2,1-2H3. The molecule has 0 aliphatic rings. The Morgan fingerprint density at radius 3 is 2.64 bits per heavy atom. The highest BCUT2D eigenvalue weighted by Gasteiger charge is 2.03. The summed E-state index contributed by atoms with van der Waals surface area (Å²) in [6, 6.07) is 7.37. The maximum Gasteiger partial charge on any atom is 0.241 e. The fourth-order valence-electron chi connectivity index (χ4n) is 0.987. The normalized spacial score (nSPS) is 9.57. The van der Waals surface area contributed by atoms with Crippen LogP contribution in [0.5, 0.6) is 0 Å². The molecule has 1 amide bonds. The molecule has 0 aliphatic heterocycles. The molecular formula is C10H15N3O.